The van der Waals surface area contributed by atoms with Crippen LogP contribution in [-0.2, 0) is 15.8 Å². The molecule has 5 N–H and O–H groups in total. The van der Waals surface area contributed by atoms with Gasteiger partial charge in [0.1, 0.15) is 23.7 Å². The maximum atomic E-state index is 13.3. The molecule has 0 aliphatic heterocycles. The molecule has 0 aliphatic carbocycles. The lowest BCUT2D eigenvalue weighted by Gasteiger charge is -2.20. The van der Waals surface area contributed by atoms with Crippen molar-refractivity contribution in [1.29, 1.82) is 0 Å². The Morgan fingerprint density at radius 1 is 1.12 bits per heavy atom. The number of hydrogen-bond acceptors (Lipinski definition) is 8. The van der Waals surface area contributed by atoms with E-state index in [9.17, 15) is 13.8 Å². The molecular weight excluding hydrogens is 552 g/mol. The summed E-state index contributed by atoms with van der Waals surface area (Å²) in [7, 11) is -3.96. The normalized spacial score (nSPS) is 11.6. The summed E-state index contributed by atoms with van der Waals surface area (Å²) in [5.74, 6) is 0.935. The number of aromatic amines is 1. The van der Waals surface area contributed by atoms with Gasteiger partial charge < -0.3 is 30.1 Å². The number of nitrogens with zero attached hydrogens (tertiary/aromatic N) is 4. The van der Waals surface area contributed by atoms with Crippen LogP contribution in [0.15, 0.2) is 54.9 Å². The highest BCUT2D eigenvalue weighted by molar-refractivity contribution is 7.51. The molecule has 0 saturated carbocycles. The lowest BCUT2D eigenvalue weighted by Crippen LogP contribution is -2.27. The molecule has 1 amide bonds. The average molecular weight is 586 g/mol. The first-order valence-electron chi connectivity index (χ1n) is 13.2. The fourth-order valence-corrected chi connectivity index (χ4v) is 4.77. The van der Waals surface area contributed by atoms with E-state index in [4.69, 9.17) is 14.5 Å². The first-order chi connectivity index (χ1) is 19.7. The molecule has 0 radical (unpaired) electrons. The molecule has 4 rings (SSSR count). The third kappa shape index (κ3) is 9.61. The summed E-state index contributed by atoms with van der Waals surface area (Å²) in [4.78, 5) is 41.2. The van der Waals surface area contributed by atoms with Gasteiger partial charge in [-0.25, -0.2) is 14.4 Å². The van der Waals surface area contributed by atoms with Crippen LogP contribution in [0.5, 0.6) is 5.75 Å². The zero-order valence-corrected chi connectivity index (χ0v) is 23.5. The van der Waals surface area contributed by atoms with Crippen molar-refractivity contribution in [3.63, 3.8) is 0 Å². The Morgan fingerprint density at radius 3 is 2.73 bits per heavy atom. The van der Waals surface area contributed by atoms with Crippen LogP contribution in [0.25, 0.3) is 10.9 Å². The molecule has 41 heavy (non-hydrogen) atoms. The molecule has 0 unspecified atom stereocenters. The number of amides is 1. The van der Waals surface area contributed by atoms with E-state index in [1.165, 1.54) is 24.5 Å². The maximum Gasteiger partial charge on any atom is 0.325 e. The molecule has 0 bridgehead atoms. The Hall–Kier alpha value is -3.90. The highest BCUT2D eigenvalue weighted by Crippen LogP contribution is 2.34. The van der Waals surface area contributed by atoms with Crippen LogP contribution in [0.1, 0.15) is 25.5 Å². The SMILES string of the molecule is CCN(CCCOc1ccc2c(Nc3cc(CC(=O)Nc4cccc(F)c4)[nH]n3)ncnc2c1)CCCP(=O)(O)O. The molecule has 0 atom stereocenters. The monoisotopic (exact) mass is 585 g/mol. The van der Waals surface area contributed by atoms with Gasteiger partial charge in [-0.3, -0.25) is 14.5 Å². The van der Waals surface area contributed by atoms with Gasteiger partial charge >= 0.3 is 7.60 Å². The Kier molecular flexibility index (Phi) is 10.4. The van der Waals surface area contributed by atoms with Gasteiger partial charge in [0.15, 0.2) is 5.82 Å². The summed E-state index contributed by atoms with van der Waals surface area (Å²) in [5, 5.41) is 13.6. The van der Waals surface area contributed by atoms with Crippen LogP contribution in [0.2, 0.25) is 0 Å². The predicted molar refractivity (Wildman–Crippen MR) is 154 cm³/mol. The Morgan fingerprint density at radius 2 is 1.95 bits per heavy atom. The highest BCUT2D eigenvalue weighted by atomic mass is 31.2. The van der Waals surface area contributed by atoms with Crippen molar-refractivity contribution in [2.75, 3.05) is 43.0 Å². The minimum atomic E-state index is -3.96. The number of halogens is 1. The number of carbonyl (C=O) groups excluding carboxylic acids is 1. The standard InChI is InChI=1S/C27H33FN7O5P/c1-2-35(11-5-13-41(37,38)39)10-4-12-40-22-8-9-23-24(17-22)29-18-30-27(23)32-25-15-21(33-34-25)16-26(36)31-20-7-3-6-19(28)14-20/h3,6-9,14-15,17-18H,2,4-5,10-13,16H2,1H3,(H,31,36)(H2,37,38,39)(H2,29,30,32,33,34). The first-order valence-corrected chi connectivity index (χ1v) is 15.0. The molecule has 2 aromatic carbocycles. The number of benzene rings is 2. The molecule has 0 saturated heterocycles. The maximum absolute atomic E-state index is 13.3. The van der Waals surface area contributed by atoms with Crippen LogP contribution >= 0.6 is 7.60 Å². The van der Waals surface area contributed by atoms with Crippen molar-refractivity contribution in [2.45, 2.75) is 26.2 Å². The topological polar surface area (TPSA) is 166 Å². The number of ether oxygens (including phenoxy) is 1. The van der Waals surface area contributed by atoms with Gasteiger partial charge in [-0.2, -0.15) is 5.10 Å². The number of H-pyrrole nitrogens is 1. The second-order valence-electron chi connectivity index (χ2n) is 9.42. The van der Waals surface area contributed by atoms with Gasteiger partial charge in [-0.05, 0) is 56.3 Å². The van der Waals surface area contributed by atoms with Crippen molar-refractivity contribution >= 4 is 41.7 Å². The van der Waals surface area contributed by atoms with Crippen molar-refractivity contribution < 1.29 is 28.3 Å². The third-order valence-corrected chi connectivity index (χ3v) is 7.10. The van der Waals surface area contributed by atoms with Gasteiger partial charge in [0.25, 0.3) is 0 Å². The Labute approximate surface area is 236 Å². The molecule has 12 nitrogen and oxygen atoms in total. The van der Waals surface area contributed by atoms with Gasteiger partial charge in [0.05, 0.1) is 24.7 Å². The quantitative estimate of drug-likeness (QED) is 0.101. The lowest BCUT2D eigenvalue weighted by molar-refractivity contribution is -0.115. The Balaban J connectivity index is 1.28. The molecule has 0 spiro atoms. The van der Waals surface area contributed by atoms with E-state index >= 15 is 0 Å². The number of carbonyl (C=O) groups is 1. The number of rotatable bonds is 15. The second-order valence-corrected chi connectivity index (χ2v) is 11.2. The van der Waals surface area contributed by atoms with E-state index in [2.05, 4.69) is 35.7 Å². The Bertz CT molecular complexity index is 1510. The molecule has 2 heterocycles. The van der Waals surface area contributed by atoms with Crippen LogP contribution in [0.3, 0.4) is 0 Å². The fourth-order valence-electron chi connectivity index (χ4n) is 4.21. The largest absolute Gasteiger partial charge is 0.493 e. The summed E-state index contributed by atoms with van der Waals surface area (Å²) in [6, 6.07) is 12.9. The summed E-state index contributed by atoms with van der Waals surface area (Å²) in [6.45, 7) is 4.69. The lowest BCUT2D eigenvalue weighted by atomic mass is 10.2. The van der Waals surface area contributed by atoms with Crippen LogP contribution < -0.4 is 15.4 Å². The molecule has 2 aromatic heterocycles. The van der Waals surface area contributed by atoms with Crippen molar-refractivity contribution in [3.05, 3.63) is 66.4 Å². The van der Waals surface area contributed by atoms with E-state index in [1.54, 1.807) is 12.1 Å². The number of aromatic nitrogens is 4. The first kappa shape index (κ1) is 30.1. The van der Waals surface area contributed by atoms with Gasteiger partial charge in [-0.1, -0.05) is 13.0 Å². The predicted octanol–water partition coefficient (Wildman–Crippen LogP) is 4.08. The van der Waals surface area contributed by atoms with Crippen LogP contribution in [-0.4, -0.2) is 73.2 Å². The van der Waals surface area contributed by atoms with Crippen molar-refractivity contribution in [1.82, 2.24) is 25.1 Å². The van der Waals surface area contributed by atoms with Crippen LogP contribution in [0.4, 0.5) is 21.7 Å². The van der Waals surface area contributed by atoms with E-state index in [1.807, 2.05) is 25.1 Å². The summed E-state index contributed by atoms with van der Waals surface area (Å²) in [5.41, 5.74) is 1.62. The van der Waals surface area contributed by atoms with Gasteiger partial charge in [-0.15, -0.1) is 0 Å². The number of fused-ring (bicyclic) bond motifs is 1. The summed E-state index contributed by atoms with van der Waals surface area (Å²) < 4.78 is 30.3. The third-order valence-electron chi connectivity index (χ3n) is 6.20. The van der Waals surface area contributed by atoms with E-state index in [0.717, 1.165) is 24.9 Å². The minimum Gasteiger partial charge on any atom is -0.493 e. The molecule has 4 aromatic rings. The smallest absolute Gasteiger partial charge is 0.325 e. The number of nitrogens with one attached hydrogen (secondary N) is 3. The second kappa shape index (κ2) is 14.1. The number of hydrogen-bond donors (Lipinski definition) is 5. The molecule has 14 heteroatoms. The molecule has 218 valence electrons. The highest BCUT2D eigenvalue weighted by Gasteiger charge is 2.14. The van der Waals surface area contributed by atoms with Crippen LogP contribution in [0, 0.1) is 5.82 Å². The zero-order chi connectivity index (χ0) is 29.2. The van der Waals surface area contributed by atoms with Crippen molar-refractivity contribution in [3.8, 4) is 5.75 Å². The minimum absolute atomic E-state index is 0.0276. The van der Waals surface area contributed by atoms with E-state index in [-0.39, 0.29) is 18.5 Å². The average Bonchev–Trinajstić information content (AvgIpc) is 3.35. The van der Waals surface area contributed by atoms with E-state index in [0.29, 0.717) is 53.9 Å². The molecular formula is C27H33FN7O5P. The molecule has 0 fully saturated rings. The molecule has 0 aliphatic rings. The zero-order valence-electron chi connectivity index (χ0n) is 22.6. The van der Waals surface area contributed by atoms with Crippen molar-refractivity contribution in [2.24, 2.45) is 0 Å². The van der Waals surface area contributed by atoms with Gasteiger partial charge in [0.2, 0.25) is 5.91 Å². The van der Waals surface area contributed by atoms with Gasteiger partial charge in [0, 0.05) is 35.4 Å². The number of anilines is 3. The summed E-state index contributed by atoms with van der Waals surface area (Å²) in [6.07, 6.45) is 2.57. The van der Waals surface area contributed by atoms with E-state index < -0.39 is 13.4 Å². The summed E-state index contributed by atoms with van der Waals surface area (Å²) >= 11 is 0. The fraction of sp³-hybridized carbons (Fsp3) is 0.333.